The summed E-state index contributed by atoms with van der Waals surface area (Å²) in [7, 11) is 4.39. The predicted octanol–water partition coefficient (Wildman–Crippen LogP) is 3.77. The third-order valence-electron chi connectivity index (χ3n) is 3.80. The number of nitrogens with zero attached hydrogens (tertiary/aromatic N) is 2. The summed E-state index contributed by atoms with van der Waals surface area (Å²) in [4.78, 5) is 16.7. The lowest BCUT2D eigenvalue weighted by Crippen LogP contribution is -2.08. The highest BCUT2D eigenvalue weighted by molar-refractivity contribution is 6.30. The minimum atomic E-state index is -0.639. The highest BCUT2D eigenvalue weighted by Gasteiger charge is 2.20. The number of carbonyl (C=O) groups excluding carboxylic acids is 1. The van der Waals surface area contributed by atoms with Gasteiger partial charge in [-0.15, -0.1) is 0 Å². The summed E-state index contributed by atoms with van der Waals surface area (Å²) < 4.78 is 26.0. The Kier molecular flexibility index (Phi) is 6.00. The van der Waals surface area contributed by atoms with Gasteiger partial charge < -0.3 is 23.5 Å². The Morgan fingerprint density at radius 1 is 1.04 bits per heavy atom. The van der Waals surface area contributed by atoms with Gasteiger partial charge in [-0.1, -0.05) is 28.9 Å². The molecule has 3 aromatic rings. The van der Waals surface area contributed by atoms with Crippen molar-refractivity contribution in [2.75, 3.05) is 21.3 Å². The monoisotopic (exact) mass is 404 g/mol. The van der Waals surface area contributed by atoms with Crippen LogP contribution in [0.4, 0.5) is 0 Å². The molecule has 1 heterocycles. The van der Waals surface area contributed by atoms with Crippen LogP contribution < -0.4 is 14.2 Å². The van der Waals surface area contributed by atoms with E-state index in [1.165, 1.54) is 27.4 Å². The summed E-state index contributed by atoms with van der Waals surface area (Å²) in [5.41, 5.74) is 0.866. The smallest absolute Gasteiger partial charge is 0.342 e. The molecule has 0 amide bonds. The van der Waals surface area contributed by atoms with Crippen molar-refractivity contribution in [3.05, 3.63) is 52.9 Å². The van der Waals surface area contributed by atoms with Gasteiger partial charge in [0.25, 0.3) is 5.89 Å². The van der Waals surface area contributed by atoms with Crippen LogP contribution in [0.3, 0.4) is 0 Å². The average Bonchev–Trinajstić information content (AvgIpc) is 3.20. The summed E-state index contributed by atoms with van der Waals surface area (Å²) in [5.74, 6) is 0.934. The van der Waals surface area contributed by atoms with Crippen molar-refractivity contribution >= 4 is 17.6 Å². The van der Waals surface area contributed by atoms with Gasteiger partial charge in [-0.25, -0.2) is 4.79 Å². The van der Waals surface area contributed by atoms with Gasteiger partial charge in [-0.05, 0) is 12.1 Å². The van der Waals surface area contributed by atoms with Crippen LogP contribution in [0.1, 0.15) is 16.2 Å². The van der Waals surface area contributed by atoms with E-state index in [9.17, 15) is 4.79 Å². The zero-order valence-corrected chi connectivity index (χ0v) is 16.1. The predicted molar refractivity (Wildman–Crippen MR) is 100.0 cm³/mol. The Hall–Kier alpha value is -3.26. The number of hydrogen-bond donors (Lipinski definition) is 0. The van der Waals surface area contributed by atoms with Crippen molar-refractivity contribution in [3.8, 4) is 28.6 Å². The topological polar surface area (TPSA) is 92.9 Å². The maximum atomic E-state index is 12.5. The van der Waals surface area contributed by atoms with Gasteiger partial charge in [0.1, 0.15) is 11.3 Å². The van der Waals surface area contributed by atoms with Gasteiger partial charge in [-0.3, -0.25) is 0 Å². The molecule has 0 unspecified atom stereocenters. The molecular weight excluding hydrogens is 388 g/mol. The van der Waals surface area contributed by atoms with Gasteiger partial charge in [0.15, 0.2) is 18.1 Å². The number of methoxy groups -OCH3 is 3. The fourth-order valence-corrected chi connectivity index (χ4v) is 2.64. The third kappa shape index (κ3) is 4.17. The quantitative estimate of drug-likeness (QED) is 0.549. The molecule has 3 rings (SSSR count). The van der Waals surface area contributed by atoms with E-state index >= 15 is 0 Å². The van der Waals surface area contributed by atoms with E-state index in [-0.39, 0.29) is 23.8 Å². The molecule has 0 saturated carbocycles. The molecule has 8 nitrogen and oxygen atoms in total. The molecule has 0 N–H and O–H groups in total. The number of esters is 1. The second-order valence-electron chi connectivity index (χ2n) is 5.51. The van der Waals surface area contributed by atoms with Crippen LogP contribution in [-0.2, 0) is 11.3 Å². The van der Waals surface area contributed by atoms with E-state index in [1.807, 2.05) is 0 Å². The van der Waals surface area contributed by atoms with Gasteiger partial charge in [0.05, 0.1) is 21.3 Å². The first kappa shape index (κ1) is 19.5. The highest BCUT2D eigenvalue weighted by Crippen LogP contribution is 2.35. The molecule has 0 radical (unpaired) electrons. The Balaban J connectivity index is 1.74. The maximum absolute atomic E-state index is 12.5. The maximum Gasteiger partial charge on any atom is 0.342 e. The van der Waals surface area contributed by atoms with E-state index in [0.717, 1.165) is 0 Å². The molecule has 0 aliphatic heterocycles. The van der Waals surface area contributed by atoms with Crippen molar-refractivity contribution in [3.63, 3.8) is 0 Å². The molecule has 1 aromatic heterocycles. The largest absolute Gasteiger partial charge is 0.496 e. The summed E-state index contributed by atoms with van der Waals surface area (Å²) >= 11 is 5.96. The van der Waals surface area contributed by atoms with Gasteiger partial charge in [-0.2, -0.15) is 4.98 Å². The zero-order valence-electron chi connectivity index (χ0n) is 15.4. The lowest BCUT2D eigenvalue weighted by molar-refractivity contribution is 0.0425. The number of rotatable bonds is 7. The normalized spacial score (nSPS) is 10.4. The summed E-state index contributed by atoms with van der Waals surface area (Å²) in [6, 6.07) is 10.0. The first-order valence-electron chi connectivity index (χ1n) is 8.11. The number of hydrogen-bond acceptors (Lipinski definition) is 8. The van der Waals surface area contributed by atoms with E-state index < -0.39 is 5.97 Å². The van der Waals surface area contributed by atoms with Crippen molar-refractivity contribution < 1.29 is 28.3 Å². The van der Waals surface area contributed by atoms with Crippen LogP contribution in [0.15, 0.2) is 40.9 Å². The molecule has 2 aromatic carbocycles. The van der Waals surface area contributed by atoms with Crippen molar-refractivity contribution in [1.29, 1.82) is 0 Å². The second-order valence-corrected chi connectivity index (χ2v) is 5.94. The minimum Gasteiger partial charge on any atom is -0.496 e. The van der Waals surface area contributed by atoms with Crippen LogP contribution in [-0.4, -0.2) is 37.4 Å². The van der Waals surface area contributed by atoms with E-state index in [0.29, 0.717) is 27.9 Å². The molecule has 0 aliphatic carbocycles. The number of benzene rings is 2. The number of halogens is 1. The SMILES string of the molecule is COc1cc(OC)c(C(=O)OCc2nc(-c3cccc(Cl)c3)no2)cc1OC. The van der Waals surface area contributed by atoms with Gasteiger partial charge in [0.2, 0.25) is 5.82 Å². The fourth-order valence-electron chi connectivity index (χ4n) is 2.45. The standard InChI is InChI=1S/C19H17ClN2O6/c1-24-14-9-16(26-3)15(25-2)8-13(14)19(23)27-10-17-21-18(22-28-17)11-5-4-6-12(20)7-11/h4-9H,10H2,1-3H3. The average molecular weight is 405 g/mol. The van der Waals surface area contributed by atoms with Crippen molar-refractivity contribution in [2.45, 2.75) is 6.61 Å². The molecule has 0 atom stereocenters. The van der Waals surface area contributed by atoms with Crippen molar-refractivity contribution in [2.24, 2.45) is 0 Å². The minimum absolute atomic E-state index is 0.141. The van der Waals surface area contributed by atoms with Crippen LogP contribution >= 0.6 is 11.6 Å². The van der Waals surface area contributed by atoms with E-state index in [2.05, 4.69) is 10.1 Å². The number of aromatic nitrogens is 2. The second kappa shape index (κ2) is 8.62. The summed E-state index contributed by atoms with van der Waals surface area (Å²) in [5, 5.41) is 4.42. The molecule has 0 bridgehead atoms. The molecular formula is C19H17ClN2O6. The zero-order chi connectivity index (χ0) is 20.1. The first-order valence-corrected chi connectivity index (χ1v) is 8.49. The van der Waals surface area contributed by atoms with Crippen LogP contribution in [0.25, 0.3) is 11.4 Å². The molecule has 0 spiro atoms. The molecule has 0 aliphatic rings. The summed E-state index contributed by atoms with van der Waals surface area (Å²) in [6.45, 7) is -0.204. The summed E-state index contributed by atoms with van der Waals surface area (Å²) in [6.07, 6.45) is 0. The van der Waals surface area contributed by atoms with Crippen LogP contribution in [0.5, 0.6) is 17.2 Å². The Labute approximate surface area is 165 Å². The molecule has 9 heteroatoms. The Bertz CT molecular complexity index is 988. The fraction of sp³-hybridized carbons (Fsp3) is 0.211. The van der Waals surface area contributed by atoms with Gasteiger partial charge in [0, 0.05) is 22.7 Å². The number of ether oxygens (including phenoxy) is 4. The Morgan fingerprint density at radius 3 is 2.43 bits per heavy atom. The van der Waals surface area contributed by atoms with Gasteiger partial charge >= 0.3 is 5.97 Å². The lowest BCUT2D eigenvalue weighted by Gasteiger charge is -2.13. The third-order valence-corrected chi connectivity index (χ3v) is 4.04. The molecule has 0 saturated heterocycles. The first-order chi connectivity index (χ1) is 13.5. The van der Waals surface area contributed by atoms with Crippen LogP contribution in [0.2, 0.25) is 5.02 Å². The Morgan fingerprint density at radius 2 is 1.75 bits per heavy atom. The molecule has 146 valence electrons. The molecule has 0 fully saturated rings. The van der Waals surface area contributed by atoms with E-state index in [4.69, 9.17) is 35.1 Å². The molecule has 28 heavy (non-hydrogen) atoms. The van der Waals surface area contributed by atoms with Crippen molar-refractivity contribution in [1.82, 2.24) is 10.1 Å². The highest BCUT2D eigenvalue weighted by atomic mass is 35.5. The van der Waals surface area contributed by atoms with E-state index in [1.54, 1.807) is 30.3 Å². The van der Waals surface area contributed by atoms with Crippen LogP contribution in [0, 0.1) is 0 Å². The lowest BCUT2D eigenvalue weighted by atomic mass is 10.1. The number of carbonyl (C=O) groups is 1.